The maximum Gasteiger partial charge on any atom is 0.310 e. The van der Waals surface area contributed by atoms with E-state index in [1.807, 2.05) is 30.3 Å². The monoisotopic (exact) mass is 418 g/mol. The average Bonchev–Trinajstić information content (AvgIpc) is 2.70. The van der Waals surface area contributed by atoms with Crippen molar-refractivity contribution in [3.8, 4) is 11.8 Å². The van der Waals surface area contributed by atoms with Gasteiger partial charge in [0.1, 0.15) is 5.75 Å². The number of carbonyl (C=O) groups is 1. The molecule has 1 aliphatic rings. The Bertz CT molecular complexity index is 870. The van der Waals surface area contributed by atoms with E-state index in [4.69, 9.17) is 32.7 Å². The highest BCUT2D eigenvalue weighted by Gasteiger charge is 2.43. The van der Waals surface area contributed by atoms with Crippen LogP contribution in [0.2, 0.25) is 10.0 Å². The Balaban J connectivity index is 1.89. The summed E-state index contributed by atoms with van der Waals surface area (Å²) >= 11 is 12.2. The summed E-state index contributed by atoms with van der Waals surface area (Å²) in [6.07, 6.45) is -0.322. The number of benzene rings is 2. The van der Waals surface area contributed by atoms with Crippen LogP contribution in [-0.4, -0.2) is 18.8 Å². The van der Waals surface area contributed by atoms with Crippen LogP contribution in [0.4, 0.5) is 0 Å². The van der Waals surface area contributed by atoms with E-state index in [1.165, 1.54) is 0 Å². The summed E-state index contributed by atoms with van der Waals surface area (Å²) in [5.74, 6) is -0.953. The normalized spacial score (nSPS) is 24.2. The van der Waals surface area contributed by atoms with E-state index in [9.17, 15) is 10.1 Å². The lowest BCUT2D eigenvalue weighted by Gasteiger charge is -2.39. The summed E-state index contributed by atoms with van der Waals surface area (Å²) < 4.78 is 11.3. The van der Waals surface area contributed by atoms with Crippen molar-refractivity contribution in [2.75, 3.05) is 6.61 Å². The van der Waals surface area contributed by atoms with E-state index in [1.54, 1.807) is 25.1 Å². The molecular weight excluding hydrogens is 399 g/mol. The lowest BCUT2D eigenvalue weighted by molar-refractivity contribution is -0.152. The van der Waals surface area contributed by atoms with Crippen molar-refractivity contribution in [3.63, 3.8) is 0 Å². The van der Waals surface area contributed by atoms with Crippen LogP contribution in [0.5, 0.6) is 5.75 Å². The highest BCUT2D eigenvalue weighted by molar-refractivity contribution is 6.35. The van der Waals surface area contributed by atoms with Crippen LogP contribution in [0.15, 0.2) is 48.5 Å². The van der Waals surface area contributed by atoms with Crippen molar-refractivity contribution < 1.29 is 14.3 Å². The van der Waals surface area contributed by atoms with E-state index >= 15 is 0 Å². The molecule has 1 fully saturated rings. The largest absolute Gasteiger partial charge is 0.472 e. The molecule has 0 amide bonds. The Kier molecular flexibility index (Phi) is 6.79. The quantitative estimate of drug-likeness (QED) is 0.709. The van der Waals surface area contributed by atoms with Gasteiger partial charge in [0, 0.05) is 11.1 Å². The van der Waals surface area contributed by atoms with Gasteiger partial charge in [0.05, 0.1) is 29.5 Å². The smallest absolute Gasteiger partial charge is 0.310 e. The van der Waals surface area contributed by atoms with E-state index < -0.39 is 18.1 Å². The van der Waals surface area contributed by atoms with Crippen molar-refractivity contribution in [1.82, 2.24) is 5.32 Å². The summed E-state index contributed by atoms with van der Waals surface area (Å²) in [6, 6.07) is 16.4. The van der Waals surface area contributed by atoms with Gasteiger partial charge in [0.25, 0.3) is 0 Å². The number of carbonyl (C=O) groups excluding carboxylic acids is 1. The molecule has 0 bridgehead atoms. The minimum Gasteiger partial charge on any atom is -0.472 e. The predicted molar refractivity (Wildman–Crippen MR) is 107 cm³/mol. The zero-order valence-corrected chi connectivity index (χ0v) is 16.8. The van der Waals surface area contributed by atoms with E-state index in [2.05, 4.69) is 11.4 Å². The Morgan fingerprint density at radius 1 is 1.25 bits per heavy atom. The lowest BCUT2D eigenvalue weighted by atomic mass is 9.81. The Morgan fingerprint density at radius 2 is 2.00 bits per heavy atom. The van der Waals surface area contributed by atoms with Gasteiger partial charge < -0.3 is 9.47 Å². The molecular formula is C21H20Cl2N2O3. The van der Waals surface area contributed by atoms with Crippen molar-refractivity contribution >= 4 is 29.2 Å². The number of nitriles is 1. The SMILES string of the molecule is CCOC(=O)C1CC(C#N)C(Oc2ccc(Cl)cc2Cl)NC1c1ccccc1. The molecule has 0 aliphatic carbocycles. The summed E-state index contributed by atoms with van der Waals surface area (Å²) in [7, 11) is 0. The highest BCUT2D eigenvalue weighted by Crippen LogP contribution is 2.37. The minimum absolute atomic E-state index is 0.286. The van der Waals surface area contributed by atoms with E-state index in [-0.39, 0.29) is 18.6 Å². The topological polar surface area (TPSA) is 71.4 Å². The second-order valence-electron chi connectivity index (χ2n) is 6.50. The first-order valence-electron chi connectivity index (χ1n) is 9.02. The summed E-state index contributed by atoms with van der Waals surface area (Å²) in [6.45, 7) is 2.05. The number of nitrogens with zero attached hydrogens (tertiary/aromatic N) is 1. The second kappa shape index (κ2) is 9.29. The third-order valence-corrected chi connectivity index (χ3v) is 5.21. The van der Waals surface area contributed by atoms with Crippen molar-refractivity contribution in [3.05, 3.63) is 64.1 Å². The maximum atomic E-state index is 12.6. The van der Waals surface area contributed by atoms with Crippen LogP contribution < -0.4 is 10.1 Å². The fourth-order valence-electron chi connectivity index (χ4n) is 3.36. The van der Waals surface area contributed by atoms with Gasteiger partial charge in [0.2, 0.25) is 0 Å². The Labute approximate surface area is 174 Å². The standard InChI is InChI=1S/C21H20Cl2N2O3/c1-2-27-21(26)16-10-14(12-24)20(25-19(16)13-6-4-3-5-7-13)28-18-9-8-15(22)11-17(18)23/h3-9,11,14,16,19-20,25H,2,10H2,1H3. The zero-order valence-electron chi connectivity index (χ0n) is 15.3. The summed E-state index contributed by atoms with van der Waals surface area (Å²) in [5.41, 5.74) is 0.924. The van der Waals surface area contributed by atoms with Crippen LogP contribution in [0.1, 0.15) is 24.9 Å². The third kappa shape index (κ3) is 4.59. The number of piperidine rings is 1. The molecule has 2 aromatic rings. The van der Waals surface area contributed by atoms with Gasteiger partial charge in [-0.1, -0.05) is 53.5 Å². The average molecular weight is 419 g/mol. The van der Waals surface area contributed by atoms with Crippen LogP contribution in [0.25, 0.3) is 0 Å². The van der Waals surface area contributed by atoms with Crippen LogP contribution >= 0.6 is 23.2 Å². The predicted octanol–water partition coefficient (Wildman–Crippen LogP) is 4.75. The molecule has 1 N–H and O–H groups in total. The third-order valence-electron chi connectivity index (χ3n) is 4.68. The van der Waals surface area contributed by atoms with E-state index in [0.717, 1.165) is 5.56 Å². The van der Waals surface area contributed by atoms with Gasteiger partial charge in [-0.15, -0.1) is 0 Å². The van der Waals surface area contributed by atoms with Gasteiger partial charge in [-0.2, -0.15) is 5.26 Å². The van der Waals surface area contributed by atoms with Gasteiger partial charge in [0.15, 0.2) is 6.23 Å². The number of rotatable bonds is 5. The molecule has 4 unspecified atom stereocenters. The lowest BCUT2D eigenvalue weighted by Crippen LogP contribution is -2.52. The molecule has 1 heterocycles. The van der Waals surface area contributed by atoms with Gasteiger partial charge >= 0.3 is 5.97 Å². The molecule has 1 aliphatic heterocycles. The van der Waals surface area contributed by atoms with E-state index in [0.29, 0.717) is 22.2 Å². The van der Waals surface area contributed by atoms with Crippen LogP contribution in [0, 0.1) is 23.2 Å². The molecule has 0 spiro atoms. The Morgan fingerprint density at radius 3 is 2.64 bits per heavy atom. The summed E-state index contributed by atoms with van der Waals surface area (Å²) in [5, 5.41) is 13.8. The minimum atomic E-state index is -0.639. The zero-order chi connectivity index (χ0) is 20.1. The number of halogens is 2. The van der Waals surface area contributed by atoms with Crippen molar-refractivity contribution in [2.45, 2.75) is 25.6 Å². The highest BCUT2D eigenvalue weighted by atomic mass is 35.5. The van der Waals surface area contributed by atoms with Crippen LogP contribution in [-0.2, 0) is 9.53 Å². The van der Waals surface area contributed by atoms with Gasteiger partial charge in [-0.3, -0.25) is 10.1 Å². The number of ether oxygens (including phenoxy) is 2. The van der Waals surface area contributed by atoms with Gasteiger partial charge in [-0.05, 0) is 37.1 Å². The maximum absolute atomic E-state index is 12.6. The molecule has 0 aromatic heterocycles. The first kappa shape index (κ1) is 20.5. The number of hydrogen-bond donors (Lipinski definition) is 1. The molecule has 1 saturated heterocycles. The van der Waals surface area contributed by atoms with Crippen LogP contribution in [0.3, 0.4) is 0 Å². The molecule has 28 heavy (non-hydrogen) atoms. The van der Waals surface area contributed by atoms with Gasteiger partial charge in [-0.25, -0.2) is 0 Å². The van der Waals surface area contributed by atoms with Crippen molar-refractivity contribution in [2.24, 2.45) is 11.8 Å². The number of esters is 1. The Hall–Kier alpha value is -2.26. The molecule has 3 rings (SSSR count). The molecule has 2 aromatic carbocycles. The molecule has 0 saturated carbocycles. The number of hydrogen-bond acceptors (Lipinski definition) is 5. The fraction of sp³-hybridized carbons (Fsp3) is 0.333. The molecule has 4 atom stereocenters. The molecule has 146 valence electrons. The summed E-state index contributed by atoms with van der Waals surface area (Å²) in [4.78, 5) is 12.6. The first-order valence-corrected chi connectivity index (χ1v) is 9.78. The molecule has 5 nitrogen and oxygen atoms in total. The second-order valence-corrected chi connectivity index (χ2v) is 7.34. The van der Waals surface area contributed by atoms with Crippen molar-refractivity contribution in [1.29, 1.82) is 5.26 Å². The first-order chi connectivity index (χ1) is 13.5. The molecule has 0 radical (unpaired) electrons. The number of nitrogens with one attached hydrogen (secondary N) is 1. The molecule has 7 heteroatoms. The fourth-order valence-corrected chi connectivity index (χ4v) is 3.81.